The first-order valence-electron chi connectivity index (χ1n) is 7.99. The number of nitrogens with one attached hydrogen (secondary N) is 3. The van der Waals surface area contributed by atoms with E-state index in [2.05, 4.69) is 29.2 Å². The van der Waals surface area contributed by atoms with Gasteiger partial charge in [0, 0.05) is 17.8 Å². The maximum absolute atomic E-state index is 12.1. The minimum absolute atomic E-state index is 0.132. The van der Waals surface area contributed by atoms with Gasteiger partial charge in [-0.15, -0.1) is 0 Å². The number of thiocarbonyl (C=S) groups is 1. The molecule has 1 aromatic carbocycles. The predicted octanol–water partition coefficient (Wildman–Crippen LogP) is 2.64. The second-order valence-corrected chi connectivity index (χ2v) is 5.98. The number of aromatic nitrogens is 1. The van der Waals surface area contributed by atoms with Crippen LogP contribution >= 0.6 is 12.2 Å². The molecule has 5 nitrogen and oxygen atoms in total. The highest BCUT2D eigenvalue weighted by Gasteiger charge is 2.09. The van der Waals surface area contributed by atoms with Gasteiger partial charge in [-0.2, -0.15) is 0 Å². The Labute approximate surface area is 142 Å². The molecule has 0 unspecified atom stereocenters. The summed E-state index contributed by atoms with van der Waals surface area (Å²) < 4.78 is 1.99. The van der Waals surface area contributed by atoms with Gasteiger partial charge in [-0.1, -0.05) is 38.0 Å². The van der Waals surface area contributed by atoms with E-state index in [1.165, 1.54) is 12.8 Å². The zero-order valence-electron chi connectivity index (χ0n) is 13.7. The second kappa shape index (κ2) is 8.53. The van der Waals surface area contributed by atoms with Gasteiger partial charge in [0.2, 0.25) is 0 Å². The molecule has 1 aromatic heterocycles. The highest BCUT2D eigenvalue weighted by molar-refractivity contribution is 7.80. The van der Waals surface area contributed by atoms with Crippen LogP contribution in [0.2, 0.25) is 0 Å². The molecule has 0 fully saturated rings. The summed E-state index contributed by atoms with van der Waals surface area (Å²) in [5.74, 6) is -0.132. The number of hydrazine groups is 1. The summed E-state index contributed by atoms with van der Waals surface area (Å²) in [4.78, 5) is 12.1. The molecule has 0 bridgehead atoms. The van der Waals surface area contributed by atoms with Crippen LogP contribution in [0.25, 0.3) is 10.9 Å². The summed E-state index contributed by atoms with van der Waals surface area (Å²) in [6.07, 6.45) is 3.41. The molecule has 124 valence electrons. The van der Waals surface area contributed by atoms with Crippen LogP contribution < -0.4 is 16.2 Å². The van der Waals surface area contributed by atoms with Crippen molar-refractivity contribution >= 4 is 34.1 Å². The zero-order valence-corrected chi connectivity index (χ0v) is 14.5. The van der Waals surface area contributed by atoms with Crippen LogP contribution in [0, 0.1) is 6.92 Å². The van der Waals surface area contributed by atoms with Gasteiger partial charge in [0.25, 0.3) is 5.91 Å². The minimum atomic E-state index is -0.132. The Balaban J connectivity index is 1.82. The number of carbonyl (C=O) groups excluding carboxylic acids is 1. The molecule has 0 spiro atoms. The molecule has 2 rings (SSSR count). The Bertz CT molecular complexity index is 680. The number of nitrogens with zero attached hydrogens (tertiary/aromatic N) is 1. The van der Waals surface area contributed by atoms with Crippen molar-refractivity contribution in [3.8, 4) is 0 Å². The summed E-state index contributed by atoms with van der Waals surface area (Å²) in [5.41, 5.74) is 7.50. The standard InChI is InChI=1S/C17H24N4OS/c1-3-4-7-10-18-17(23)20-19-16(22)12-21-13(2)11-14-8-5-6-9-15(14)21/h5-6,8-9,11H,3-4,7,10,12H2,1-2H3,(H,19,22)(H2,18,20,23). The maximum atomic E-state index is 12.1. The summed E-state index contributed by atoms with van der Waals surface area (Å²) >= 11 is 5.13. The number of rotatable bonds is 6. The number of fused-ring (bicyclic) bond motifs is 1. The van der Waals surface area contributed by atoms with Crippen molar-refractivity contribution in [1.29, 1.82) is 0 Å². The Hall–Kier alpha value is -2.08. The predicted molar refractivity (Wildman–Crippen MR) is 98.1 cm³/mol. The summed E-state index contributed by atoms with van der Waals surface area (Å²) in [6, 6.07) is 10.1. The number of benzene rings is 1. The average Bonchev–Trinajstić information content (AvgIpc) is 2.85. The van der Waals surface area contributed by atoms with Crippen LogP contribution in [0.3, 0.4) is 0 Å². The van der Waals surface area contributed by atoms with Crippen molar-refractivity contribution < 1.29 is 4.79 Å². The van der Waals surface area contributed by atoms with Crippen LogP contribution in [0.1, 0.15) is 31.9 Å². The van der Waals surface area contributed by atoms with Crippen LogP contribution in [0.5, 0.6) is 0 Å². The molecule has 0 aliphatic carbocycles. The smallest absolute Gasteiger partial charge is 0.258 e. The largest absolute Gasteiger partial charge is 0.361 e. The SMILES string of the molecule is CCCCCNC(=S)NNC(=O)Cn1c(C)cc2ccccc21. The number of amides is 1. The Morgan fingerprint density at radius 2 is 2.00 bits per heavy atom. The molecule has 6 heteroatoms. The molecular weight excluding hydrogens is 308 g/mol. The highest BCUT2D eigenvalue weighted by atomic mass is 32.1. The lowest BCUT2D eigenvalue weighted by atomic mass is 10.2. The monoisotopic (exact) mass is 332 g/mol. The molecule has 3 N–H and O–H groups in total. The lowest BCUT2D eigenvalue weighted by Gasteiger charge is -2.13. The van der Waals surface area contributed by atoms with Gasteiger partial charge in [-0.05, 0) is 43.1 Å². The number of unbranched alkanes of at least 4 members (excludes halogenated alkanes) is 2. The lowest BCUT2D eigenvalue weighted by molar-refractivity contribution is -0.122. The van der Waals surface area contributed by atoms with Crippen molar-refractivity contribution in [2.45, 2.75) is 39.7 Å². The van der Waals surface area contributed by atoms with Gasteiger partial charge in [0.15, 0.2) is 5.11 Å². The van der Waals surface area contributed by atoms with Crippen molar-refractivity contribution in [2.24, 2.45) is 0 Å². The molecule has 0 aliphatic rings. The minimum Gasteiger partial charge on any atom is -0.361 e. The zero-order chi connectivity index (χ0) is 16.7. The number of para-hydroxylation sites is 1. The van der Waals surface area contributed by atoms with E-state index in [9.17, 15) is 4.79 Å². The number of hydrogen-bond donors (Lipinski definition) is 3. The highest BCUT2D eigenvalue weighted by Crippen LogP contribution is 2.18. The van der Waals surface area contributed by atoms with Crippen LogP contribution in [-0.4, -0.2) is 22.1 Å². The van der Waals surface area contributed by atoms with Gasteiger partial charge >= 0.3 is 0 Å². The fourth-order valence-electron chi connectivity index (χ4n) is 2.49. The molecule has 1 heterocycles. The molecule has 0 saturated carbocycles. The molecule has 0 atom stereocenters. The summed E-state index contributed by atoms with van der Waals surface area (Å²) in [5, 5.41) is 4.66. The van der Waals surface area contributed by atoms with Crippen molar-refractivity contribution in [2.75, 3.05) is 6.54 Å². The number of hydrogen-bond acceptors (Lipinski definition) is 2. The summed E-state index contributed by atoms with van der Waals surface area (Å²) in [6.45, 7) is 5.23. The van der Waals surface area contributed by atoms with E-state index in [1.807, 2.05) is 35.8 Å². The third-order valence-electron chi connectivity index (χ3n) is 3.70. The first-order chi connectivity index (χ1) is 11.1. The van der Waals surface area contributed by atoms with Gasteiger partial charge in [0.05, 0.1) is 0 Å². The van der Waals surface area contributed by atoms with Crippen LogP contribution in [0.15, 0.2) is 30.3 Å². The van der Waals surface area contributed by atoms with Gasteiger partial charge in [-0.25, -0.2) is 0 Å². The number of carbonyl (C=O) groups is 1. The maximum Gasteiger partial charge on any atom is 0.258 e. The van der Waals surface area contributed by atoms with Crippen molar-refractivity contribution in [1.82, 2.24) is 20.7 Å². The normalized spacial score (nSPS) is 10.5. The lowest BCUT2D eigenvalue weighted by Crippen LogP contribution is -2.47. The van der Waals surface area contributed by atoms with Gasteiger partial charge in [-0.3, -0.25) is 15.6 Å². The average molecular weight is 332 g/mol. The molecule has 0 radical (unpaired) electrons. The first-order valence-corrected chi connectivity index (χ1v) is 8.40. The van der Waals surface area contributed by atoms with E-state index >= 15 is 0 Å². The molecule has 2 aromatic rings. The van der Waals surface area contributed by atoms with E-state index in [0.29, 0.717) is 5.11 Å². The third-order valence-corrected chi connectivity index (χ3v) is 3.95. The molecule has 0 saturated heterocycles. The third kappa shape index (κ3) is 4.96. The topological polar surface area (TPSA) is 58.1 Å². The number of aryl methyl sites for hydroxylation is 1. The van der Waals surface area contributed by atoms with E-state index in [1.54, 1.807) is 0 Å². The Morgan fingerprint density at radius 1 is 1.22 bits per heavy atom. The Morgan fingerprint density at radius 3 is 2.78 bits per heavy atom. The molecule has 1 amide bonds. The van der Waals surface area contributed by atoms with E-state index in [0.717, 1.165) is 29.6 Å². The van der Waals surface area contributed by atoms with Crippen LogP contribution in [0.4, 0.5) is 0 Å². The van der Waals surface area contributed by atoms with E-state index in [-0.39, 0.29) is 12.5 Å². The molecular formula is C17H24N4OS. The summed E-state index contributed by atoms with van der Waals surface area (Å²) in [7, 11) is 0. The van der Waals surface area contributed by atoms with Crippen LogP contribution in [-0.2, 0) is 11.3 Å². The fourth-order valence-corrected chi connectivity index (χ4v) is 2.64. The van der Waals surface area contributed by atoms with Crippen molar-refractivity contribution in [3.05, 3.63) is 36.0 Å². The van der Waals surface area contributed by atoms with E-state index in [4.69, 9.17) is 12.2 Å². The quantitative estimate of drug-likeness (QED) is 0.432. The van der Waals surface area contributed by atoms with Gasteiger partial charge in [0.1, 0.15) is 6.54 Å². The van der Waals surface area contributed by atoms with Gasteiger partial charge < -0.3 is 9.88 Å². The molecule has 23 heavy (non-hydrogen) atoms. The molecule has 0 aliphatic heterocycles. The van der Waals surface area contributed by atoms with E-state index < -0.39 is 0 Å². The fraction of sp³-hybridized carbons (Fsp3) is 0.412. The first kappa shape index (κ1) is 17.3. The second-order valence-electron chi connectivity index (χ2n) is 5.57. The van der Waals surface area contributed by atoms with Crippen molar-refractivity contribution in [3.63, 3.8) is 0 Å². The Kier molecular flexibility index (Phi) is 6.40.